The van der Waals surface area contributed by atoms with Crippen molar-refractivity contribution in [1.29, 1.82) is 0 Å². The molecule has 0 N–H and O–H groups in total. The fraction of sp³-hybridized carbons (Fsp3) is 0.571. The SMILES string of the molecule is CCc1cc(N(C)S(C)(=O)=O)c(C(C)(C)C)cc1F. The number of rotatable bonds is 3. The third-order valence-electron chi connectivity index (χ3n) is 3.19. The van der Waals surface area contributed by atoms with Crippen molar-refractivity contribution >= 4 is 15.7 Å². The molecule has 0 atom stereocenters. The number of anilines is 1. The molecule has 0 bridgehead atoms. The van der Waals surface area contributed by atoms with Crippen LogP contribution in [0.3, 0.4) is 0 Å². The minimum atomic E-state index is -3.37. The first-order chi connectivity index (χ1) is 8.48. The molecule has 0 radical (unpaired) electrons. The molecule has 3 nitrogen and oxygen atoms in total. The Bertz CT molecular complexity index is 574. The molecule has 1 aromatic rings. The first kappa shape index (κ1) is 16.0. The second-order valence-electron chi connectivity index (χ2n) is 5.79. The fourth-order valence-electron chi connectivity index (χ4n) is 1.92. The van der Waals surface area contributed by atoms with Crippen LogP contribution in [0, 0.1) is 5.82 Å². The Kier molecular flexibility index (Phi) is 4.30. The number of aryl methyl sites for hydroxylation is 1. The van der Waals surface area contributed by atoms with Gasteiger partial charge in [-0.05, 0) is 35.1 Å². The van der Waals surface area contributed by atoms with E-state index in [0.29, 0.717) is 23.2 Å². The number of nitrogens with zero attached hydrogens (tertiary/aromatic N) is 1. The number of halogens is 1. The molecular weight excluding hydrogens is 265 g/mol. The lowest BCUT2D eigenvalue weighted by atomic mass is 9.84. The molecule has 108 valence electrons. The zero-order chi connectivity index (χ0) is 15.0. The van der Waals surface area contributed by atoms with Gasteiger partial charge in [0.15, 0.2) is 0 Å². The molecule has 0 aliphatic rings. The third-order valence-corrected chi connectivity index (χ3v) is 4.38. The number of hydrogen-bond acceptors (Lipinski definition) is 2. The van der Waals surface area contributed by atoms with Gasteiger partial charge in [-0.3, -0.25) is 4.31 Å². The van der Waals surface area contributed by atoms with Gasteiger partial charge in [0.1, 0.15) is 5.82 Å². The Labute approximate surface area is 115 Å². The predicted molar refractivity (Wildman–Crippen MR) is 77.7 cm³/mol. The first-order valence-corrected chi connectivity index (χ1v) is 8.10. The summed E-state index contributed by atoms with van der Waals surface area (Å²) in [5.41, 5.74) is 1.43. The maximum atomic E-state index is 14.0. The normalized spacial score (nSPS) is 12.6. The Morgan fingerprint density at radius 1 is 1.26 bits per heavy atom. The molecule has 5 heteroatoms. The van der Waals surface area contributed by atoms with E-state index < -0.39 is 10.0 Å². The summed E-state index contributed by atoms with van der Waals surface area (Å²) in [5.74, 6) is -0.280. The molecule has 1 aromatic carbocycles. The number of hydrogen-bond donors (Lipinski definition) is 0. The van der Waals surface area contributed by atoms with Gasteiger partial charge in [-0.25, -0.2) is 12.8 Å². The van der Waals surface area contributed by atoms with E-state index in [4.69, 9.17) is 0 Å². The van der Waals surface area contributed by atoms with E-state index in [9.17, 15) is 12.8 Å². The van der Waals surface area contributed by atoms with Gasteiger partial charge >= 0.3 is 0 Å². The third kappa shape index (κ3) is 3.47. The van der Waals surface area contributed by atoms with Gasteiger partial charge in [0.2, 0.25) is 10.0 Å². The van der Waals surface area contributed by atoms with Crippen molar-refractivity contribution in [3.05, 3.63) is 29.1 Å². The maximum absolute atomic E-state index is 14.0. The predicted octanol–water partition coefficient (Wildman–Crippen LogP) is 3.08. The van der Waals surface area contributed by atoms with E-state index in [1.807, 2.05) is 27.7 Å². The van der Waals surface area contributed by atoms with Crippen LogP contribution in [0.1, 0.15) is 38.8 Å². The lowest BCUT2D eigenvalue weighted by molar-refractivity contribution is 0.566. The maximum Gasteiger partial charge on any atom is 0.232 e. The lowest BCUT2D eigenvalue weighted by Gasteiger charge is -2.28. The molecule has 0 saturated heterocycles. The minimum absolute atomic E-state index is 0.280. The van der Waals surface area contributed by atoms with Crippen LogP contribution in [0.5, 0.6) is 0 Å². The Morgan fingerprint density at radius 2 is 1.79 bits per heavy atom. The molecule has 0 amide bonds. The molecule has 0 unspecified atom stereocenters. The summed E-state index contributed by atoms with van der Waals surface area (Å²) in [5, 5.41) is 0. The smallest absolute Gasteiger partial charge is 0.232 e. The van der Waals surface area contributed by atoms with Crippen molar-refractivity contribution in [3.63, 3.8) is 0 Å². The molecule has 0 saturated carbocycles. The van der Waals surface area contributed by atoms with Crippen LogP contribution >= 0.6 is 0 Å². The van der Waals surface area contributed by atoms with Crippen molar-refractivity contribution in [1.82, 2.24) is 0 Å². The van der Waals surface area contributed by atoms with Crippen molar-refractivity contribution < 1.29 is 12.8 Å². The van der Waals surface area contributed by atoms with Crippen molar-refractivity contribution in [3.8, 4) is 0 Å². The standard InChI is InChI=1S/C14H22FNO2S/c1-7-10-8-13(16(5)19(6,17)18)11(9-12(10)15)14(2,3)4/h8-9H,7H2,1-6H3. The summed E-state index contributed by atoms with van der Waals surface area (Å²) in [4.78, 5) is 0. The fourth-order valence-corrected chi connectivity index (χ4v) is 2.42. The van der Waals surface area contributed by atoms with Crippen LogP contribution in [-0.4, -0.2) is 21.7 Å². The molecule has 0 aliphatic heterocycles. The van der Waals surface area contributed by atoms with E-state index in [1.165, 1.54) is 17.4 Å². The van der Waals surface area contributed by atoms with Gasteiger partial charge in [-0.2, -0.15) is 0 Å². The molecule has 0 aliphatic carbocycles. The zero-order valence-corrected chi connectivity index (χ0v) is 13.2. The topological polar surface area (TPSA) is 37.4 Å². The summed E-state index contributed by atoms with van der Waals surface area (Å²) < 4.78 is 38.6. The van der Waals surface area contributed by atoms with Crippen LogP contribution in [-0.2, 0) is 21.9 Å². The van der Waals surface area contributed by atoms with Crippen LogP contribution < -0.4 is 4.31 Å². The Balaban J connectivity index is 3.60. The van der Waals surface area contributed by atoms with Gasteiger partial charge in [-0.1, -0.05) is 27.7 Å². The highest BCUT2D eigenvalue weighted by molar-refractivity contribution is 7.92. The number of sulfonamides is 1. The van der Waals surface area contributed by atoms with Gasteiger partial charge in [-0.15, -0.1) is 0 Å². The van der Waals surface area contributed by atoms with Crippen LogP contribution in [0.15, 0.2) is 12.1 Å². The molecule has 19 heavy (non-hydrogen) atoms. The summed E-state index contributed by atoms with van der Waals surface area (Å²) in [6.07, 6.45) is 1.68. The molecule has 0 spiro atoms. The largest absolute Gasteiger partial charge is 0.273 e. The zero-order valence-electron chi connectivity index (χ0n) is 12.4. The molecular formula is C14H22FNO2S. The van der Waals surface area contributed by atoms with Gasteiger partial charge < -0.3 is 0 Å². The van der Waals surface area contributed by atoms with E-state index in [-0.39, 0.29) is 11.2 Å². The van der Waals surface area contributed by atoms with Crippen LogP contribution in [0.25, 0.3) is 0 Å². The Hall–Kier alpha value is -1.10. The Morgan fingerprint density at radius 3 is 2.16 bits per heavy atom. The van der Waals surface area contributed by atoms with Gasteiger partial charge in [0.25, 0.3) is 0 Å². The molecule has 0 heterocycles. The van der Waals surface area contributed by atoms with E-state index in [2.05, 4.69) is 0 Å². The van der Waals surface area contributed by atoms with E-state index in [0.717, 1.165) is 6.26 Å². The number of benzene rings is 1. The van der Waals surface area contributed by atoms with Crippen LogP contribution in [0.4, 0.5) is 10.1 Å². The molecule has 0 fully saturated rings. The van der Waals surface area contributed by atoms with Crippen molar-refractivity contribution in [2.24, 2.45) is 0 Å². The second kappa shape index (κ2) is 5.12. The van der Waals surface area contributed by atoms with Crippen molar-refractivity contribution in [2.75, 3.05) is 17.6 Å². The highest BCUT2D eigenvalue weighted by atomic mass is 32.2. The monoisotopic (exact) mass is 287 g/mol. The average Bonchev–Trinajstić information content (AvgIpc) is 2.25. The van der Waals surface area contributed by atoms with Crippen molar-refractivity contribution in [2.45, 2.75) is 39.5 Å². The summed E-state index contributed by atoms with van der Waals surface area (Å²) in [6, 6.07) is 3.09. The van der Waals surface area contributed by atoms with Crippen LogP contribution in [0.2, 0.25) is 0 Å². The summed E-state index contributed by atoms with van der Waals surface area (Å²) in [6.45, 7) is 7.66. The quantitative estimate of drug-likeness (QED) is 0.856. The summed E-state index contributed by atoms with van der Waals surface area (Å²) >= 11 is 0. The van der Waals surface area contributed by atoms with E-state index in [1.54, 1.807) is 6.07 Å². The van der Waals surface area contributed by atoms with Gasteiger partial charge in [0.05, 0.1) is 11.9 Å². The molecule has 0 aromatic heterocycles. The molecule has 1 rings (SSSR count). The highest BCUT2D eigenvalue weighted by Gasteiger charge is 2.25. The summed E-state index contributed by atoms with van der Waals surface area (Å²) in [7, 11) is -1.87. The average molecular weight is 287 g/mol. The lowest BCUT2D eigenvalue weighted by Crippen LogP contribution is -2.28. The second-order valence-corrected chi connectivity index (χ2v) is 7.81. The van der Waals surface area contributed by atoms with Gasteiger partial charge in [0, 0.05) is 7.05 Å². The minimum Gasteiger partial charge on any atom is -0.273 e. The highest BCUT2D eigenvalue weighted by Crippen LogP contribution is 2.34. The first-order valence-electron chi connectivity index (χ1n) is 6.25. The van der Waals surface area contributed by atoms with E-state index >= 15 is 0 Å².